The van der Waals surface area contributed by atoms with Crippen molar-refractivity contribution in [3.63, 3.8) is 0 Å². The smallest absolute Gasteiger partial charge is 0.0595 e. The Labute approximate surface area is 116 Å². The monoisotopic (exact) mass is 323 g/mol. The molecule has 1 nitrogen and oxygen atoms in total. The SMILES string of the molecule is CCC(Br)CCNCc1ccc(Cl)c(Cl)c1. The largest absolute Gasteiger partial charge is 0.313 e. The molecule has 0 saturated heterocycles. The maximum Gasteiger partial charge on any atom is 0.0595 e. The first kappa shape index (κ1) is 14.3. The second-order valence-electron chi connectivity index (χ2n) is 3.72. The van der Waals surface area contributed by atoms with Crippen molar-refractivity contribution in [1.29, 1.82) is 0 Å². The zero-order chi connectivity index (χ0) is 12.0. The minimum Gasteiger partial charge on any atom is -0.313 e. The molecule has 0 aliphatic heterocycles. The molecule has 0 saturated carbocycles. The van der Waals surface area contributed by atoms with E-state index in [4.69, 9.17) is 23.2 Å². The number of alkyl halides is 1. The van der Waals surface area contributed by atoms with Crippen LogP contribution in [0.4, 0.5) is 0 Å². The van der Waals surface area contributed by atoms with Gasteiger partial charge in [0.05, 0.1) is 10.0 Å². The van der Waals surface area contributed by atoms with Crippen LogP contribution in [0.25, 0.3) is 0 Å². The fraction of sp³-hybridized carbons (Fsp3) is 0.500. The molecule has 0 bridgehead atoms. The van der Waals surface area contributed by atoms with Crippen LogP contribution in [-0.2, 0) is 6.54 Å². The number of halogens is 3. The molecule has 1 rings (SSSR count). The average molecular weight is 325 g/mol. The Morgan fingerprint density at radius 3 is 2.69 bits per heavy atom. The Morgan fingerprint density at radius 2 is 2.06 bits per heavy atom. The average Bonchev–Trinajstić information content (AvgIpc) is 2.28. The summed E-state index contributed by atoms with van der Waals surface area (Å²) in [5.74, 6) is 0. The van der Waals surface area contributed by atoms with E-state index < -0.39 is 0 Å². The summed E-state index contributed by atoms with van der Waals surface area (Å²) in [4.78, 5) is 0.605. The third kappa shape index (κ3) is 5.05. The summed E-state index contributed by atoms with van der Waals surface area (Å²) in [6.45, 7) is 4.02. The zero-order valence-corrected chi connectivity index (χ0v) is 12.4. The molecule has 4 heteroatoms. The lowest BCUT2D eigenvalue weighted by molar-refractivity contribution is 0.630. The third-order valence-corrected chi connectivity index (χ3v) is 4.23. The number of hydrogen-bond acceptors (Lipinski definition) is 1. The van der Waals surface area contributed by atoms with Crippen molar-refractivity contribution < 1.29 is 0 Å². The normalized spacial score (nSPS) is 12.8. The molecule has 0 spiro atoms. The standard InChI is InChI=1S/C12H16BrCl2N/c1-2-10(13)5-6-16-8-9-3-4-11(14)12(15)7-9/h3-4,7,10,16H,2,5-6,8H2,1H3. The molecule has 16 heavy (non-hydrogen) atoms. The van der Waals surface area contributed by atoms with Crippen LogP contribution >= 0.6 is 39.1 Å². The highest BCUT2D eigenvalue weighted by Crippen LogP contribution is 2.22. The first-order chi connectivity index (χ1) is 7.63. The molecule has 0 radical (unpaired) electrons. The van der Waals surface area contributed by atoms with Crippen molar-refractivity contribution in [1.82, 2.24) is 5.32 Å². The molecule has 0 heterocycles. The summed E-state index contributed by atoms with van der Waals surface area (Å²) in [5, 5.41) is 4.61. The Kier molecular flexibility index (Phi) is 6.74. The topological polar surface area (TPSA) is 12.0 Å². The van der Waals surface area contributed by atoms with Crippen molar-refractivity contribution in [2.24, 2.45) is 0 Å². The predicted octanol–water partition coefficient (Wildman–Crippen LogP) is 4.65. The Bertz CT molecular complexity index is 331. The lowest BCUT2D eigenvalue weighted by atomic mass is 10.2. The van der Waals surface area contributed by atoms with Gasteiger partial charge in [0.2, 0.25) is 0 Å². The van der Waals surface area contributed by atoms with Crippen LogP contribution in [0, 0.1) is 0 Å². The molecule has 0 aromatic heterocycles. The molecule has 0 fully saturated rings. The Balaban J connectivity index is 2.29. The highest BCUT2D eigenvalue weighted by Gasteiger charge is 2.01. The molecule has 0 aliphatic rings. The molecule has 1 atom stereocenters. The van der Waals surface area contributed by atoms with Gasteiger partial charge in [-0.05, 0) is 37.1 Å². The fourth-order valence-electron chi connectivity index (χ4n) is 1.35. The van der Waals surface area contributed by atoms with E-state index in [1.165, 1.54) is 0 Å². The minimum absolute atomic E-state index is 0.605. The summed E-state index contributed by atoms with van der Waals surface area (Å²) >= 11 is 15.4. The maximum atomic E-state index is 5.93. The van der Waals surface area contributed by atoms with Gasteiger partial charge in [-0.25, -0.2) is 0 Å². The van der Waals surface area contributed by atoms with Gasteiger partial charge in [0.15, 0.2) is 0 Å². The number of nitrogens with one attached hydrogen (secondary N) is 1. The summed E-state index contributed by atoms with van der Waals surface area (Å²) in [6.07, 6.45) is 2.30. The van der Waals surface area contributed by atoms with Gasteiger partial charge in [-0.2, -0.15) is 0 Å². The minimum atomic E-state index is 0.605. The third-order valence-electron chi connectivity index (χ3n) is 2.39. The summed E-state index contributed by atoms with van der Waals surface area (Å²) in [6, 6.07) is 5.73. The highest BCUT2D eigenvalue weighted by atomic mass is 79.9. The van der Waals surface area contributed by atoms with E-state index in [1.54, 1.807) is 0 Å². The van der Waals surface area contributed by atoms with Crippen molar-refractivity contribution >= 4 is 39.1 Å². The van der Waals surface area contributed by atoms with E-state index in [2.05, 4.69) is 28.2 Å². The van der Waals surface area contributed by atoms with Gasteiger partial charge in [0.25, 0.3) is 0 Å². The zero-order valence-electron chi connectivity index (χ0n) is 9.27. The van der Waals surface area contributed by atoms with Crippen LogP contribution in [0.15, 0.2) is 18.2 Å². The lowest BCUT2D eigenvalue weighted by Gasteiger charge is -2.08. The van der Waals surface area contributed by atoms with Gasteiger partial charge in [-0.1, -0.05) is 52.1 Å². The summed E-state index contributed by atoms with van der Waals surface area (Å²) < 4.78 is 0. The number of rotatable bonds is 6. The lowest BCUT2D eigenvalue weighted by Crippen LogP contribution is -2.17. The first-order valence-electron chi connectivity index (χ1n) is 5.42. The maximum absolute atomic E-state index is 5.93. The van der Waals surface area contributed by atoms with Crippen molar-refractivity contribution in [3.8, 4) is 0 Å². The van der Waals surface area contributed by atoms with Gasteiger partial charge in [-0.3, -0.25) is 0 Å². The summed E-state index contributed by atoms with van der Waals surface area (Å²) in [7, 11) is 0. The predicted molar refractivity (Wildman–Crippen MR) is 75.8 cm³/mol. The summed E-state index contributed by atoms with van der Waals surface area (Å²) in [5.41, 5.74) is 1.16. The van der Waals surface area contributed by atoms with Gasteiger partial charge < -0.3 is 5.32 Å². The second-order valence-corrected chi connectivity index (χ2v) is 5.83. The van der Waals surface area contributed by atoms with E-state index >= 15 is 0 Å². The Morgan fingerprint density at radius 1 is 1.31 bits per heavy atom. The highest BCUT2D eigenvalue weighted by molar-refractivity contribution is 9.09. The van der Waals surface area contributed by atoms with Crippen LogP contribution < -0.4 is 5.32 Å². The molecule has 90 valence electrons. The molecular weight excluding hydrogens is 309 g/mol. The van der Waals surface area contributed by atoms with E-state index in [0.29, 0.717) is 14.9 Å². The van der Waals surface area contributed by atoms with Crippen LogP contribution in [0.5, 0.6) is 0 Å². The van der Waals surface area contributed by atoms with Crippen LogP contribution in [-0.4, -0.2) is 11.4 Å². The molecule has 1 aromatic rings. The van der Waals surface area contributed by atoms with Gasteiger partial charge >= 0.3 is 0 Å². The van der Waals surface area contributed by atoms with E-state index in [0.717, 1.165) is 31.5 Å². The van der Waals surface area contributed by atoms with Gasteiger partial charge in [-0.15, -0.1) is 0 Å². The molecule has 1 aromatic carbocycles. The van der Waals surface area contributed by atoms with Crippen molar-refractivity contribution in [2.75, 3.05) is 6.54 Å². The van der Waals surface area contributed by atoms with Crippen LogP contribution in [0.3, 0.4) is 0 Å². The second kappa shape index (κ2) is 7.54. The molecule has 0 amide bonds. The van der Waals surface area contributed by atoms with Gasteiger partial charge in [0.1, 0.15) is 0 Å². The number of benzene rings is 1. The van der Waals surface area contributed by atoms with E-state index in [-0.39, 0.29) is 0 Å². The van der Waals surface area contributed by atoms with E-state index in [9.17, 15) is 0 Å². The number of hydrogen-bond donors (Lipinski definition) is 1. The van der Waals surface area contributed by atoms with Crippen LogP contribution in [0.2, 0.25) is 10.0 Å². The fourth-order valence-corrected chi connectivity index (χ4v) is 1.89. The molecular formula is C12H16BrCl2N. The molecule has 1 N–H and O–H groups in total. The van der Waals surface area contributed by atoms with Crippen molar-refractivity contribution in [2.45, 2.75) is 31.1 Å². The van der Waals surface area contributed by atoms with Gasteiger partial charge in [0, 0.05) is 11.4 Å². The molecule has 0 aliphatic carbocycles. The van der Waals surface area contributed by atoms with E-state index in [1.807, 2.05) is 18.2 Å². The Hall–Kier alpha value is 0.240. The first-order valence-corrected chi connectivity index (χ1v) is 7.09. The molecule has 1 unspecified atom stereocenters. The van der Waals surface area contributed by atoms with Crippen LogP contribution in [0.1, 0.15) is 25.3 Å². The quantitative estimate of drug-likeness (QED) is 0.593. The van der Waals surface area contributed by atoms with Crippen molar-refractivity contribution in [3.05, 3.63) is 33.8 Å².